The SMILES string of the molecule is CCC1CN(Cc2cnc3cc(C(C)(C)C)ccn3c2=O)C1. The molecule has 0 saturated carbocycles. The predicted molar refractivity (Wildman–Crippen MR) is 89.2 cm³/mol. The van der Waals surface area contributed by atoms with Crippen LogP contribution in [0.5, 0.6) is 0 Å². The van der Waals surface area contributed by atoms with E-state index in [1.165, 1.54) is 12.0 Å². The van der Waals surface area contributed by atoms with Gasteiger partial charge in [-0.2, -0.15) is 0 Å². The highest BCUT2D eigenvalue weighted by Gasteiger charge is 2.25. The van der Waals surface area contributed by atoms with E-state index in [1.54, 1.807) is 10.6 Å². The Balaban J connectivity index is 1.89. The largest absolute Gasteiger partial charge is 0.298 e. The maximum atomic E-state index is 12.6. The monoisotopic (exact) mass is 299 g/mol. The Kier molecular flexibility index (Phi) is 3.81. The summed E-state index contributed by atoms with van der Waals surface area (Å²) in [5.41, 5.74) is 2.84. The van der Waals surface area contributed by atoms with E-state index in [1.807, 2.05) is 18.3 Å². The summed E-state index contributed by atoms with van der Waals surface area (Å²) >= 11 is 0. The third-order valence-corrected chi connectivity index (χ3v) is 4.65. The van der Waals surface area contributed by atoms with Crippen molar-refractivity contribution in [3.05, 3.63) is 46.0 Å². The molecule has 0 aliphatic carbocycles. The fourth-order valence-corrected chi connectivity index (χ4v) is 2.99. The molecule has 0 spiro atoms. The average molecular weight is 299 g/mol. The smallest absolute Gasteiger partial charge is 0.262 e. The molecule has 1 aliphatic rings. The van der Waals surface area contributed by atoms with E-state index < -0.39 is 0 Å². The Morgan fingerprint density at radius 3 is 2.68 bits per heavy atom. The van der Waals surface area contributed by atoms with Crippen molar-refractivity contribution in [3.8, 4) is 0 Å². The van der Waals surface area contributed by atoms with Crippen molar-refractivity contribution in [3.63, 3.8) is 0 Å². The molecule has 3 heterocycles. The Morgan fingerprint density at radius 2 is 2.05 bits per heavy atom. The minimum Gasteiger partial charge on any atom is -0.298 e. The molecule has 0 N–H and O–H groups in total. The molecule has 0 bridgehead atoms. The highest BCUT2D eigenvalue weighted by molar-refractivity contribution is 5.43. The number of pyridine rings is 1. The van der Waals surface area contributed by atoms with Crippen LogP contribution in [0, 0.1) is 5.92 Å². The van der Waals surface area contributed by atoms with E-state index in [2.05, 4.69) is 37.6 Å². The molecular weight excluding hydrogens is 274 g/mol. The van der Waals surface area contributed by atoms with Gasteiger partial charge in [-0.15, -0.1) is 0 Å². The molecule has 1 fully saturated rings. The van der Waals surface area contributed by atoms with Gasteiger partial charge in [0.05, 0.1) is 5.56 Å². The molecular formula is C18H25N3O. The van der Waals surface area contributed by atoms with Crippen LogP contribution in [0.2, 0.25) is 0 Å². The lowest BCUT2D eigenvalue weighted by Crippen LogP contribution is -2.46. The molecule has 4 nitrogen and oxygen atoms in total. The second kappa shape index (κ2) is 5.51. The molecule has 0 aromatic carbocycles. The van der Waals surface area contributed by atoms with Crippen LogP contribution in [-0.2, 0) is 12.0 Å². The van der Waals surface area contributed by atoms with Crippen molar-refractivity contribution >= 4 is 5.65 Å². The van der Waals surface area contributed by atoms with Crippen LogP contribution in [0.15, 0.2) is 29.3 Å². The summed E-state index contributed by atoms with van der Waals surface area (Å²) in [5, 5.41) is 0. The normalized spacial score (nSPS) is 16.9. The van der Waals surface area contributed by atoms with Gasteiger partial charge in [-0.05, 0) is 29.0 Å². The topological polar surface area (TPSA) is 37.6 Å². The maximum absolute atomic E-state index is 12.6. The van der Waals surface area contributed by atoms with E-state index in [9.17, 15) is 4.79 Å². The van der Waals surface area contributed by atoms with E-state index >= 15 is 0 Å². The summed E-state index contributed by atoms with van der Waals surface area (Å²) < 4.78 is 1.67. The van der Waals surface area contributed by atoms with Gasteiger partial charge in [-0.25, -0.2) is 4.98 Å². The first-order valence-electron chi connectivity index (χ1n) is 8.11. The third-order valence-electron chi connectivity index (χ3n) is 4.65. The van der Waals surface area contributed by atoms with E-state index in [0.29, 0.717) is 6.54 Å². The molecule has 0 unspecified atom stereocenters. The first-order chi connectivity index (χ1) is 10.4. The number of rotatable bonds is 3. The van der Waals surface area contributed by atoms with Crippen LogP contribution in [0.25, 0.3) is 5.65 Å². The molecule has 1 saturated heterocycles. The lowest BCUT2D eigenvalue weighted by Gasteiger charge is -2.38. The van der Waals surface area contributed by atoms with Crippen LogP contribution in [0.1, 0.15) is 45.2 Å². The van der Waals surface area contributed by atoms with Crippen molar-refractivity contribution < 1.29 is 0 Å². The van der Waals surface area contributed by atoms with Gasteiger partial charge in [-0.1, -0.05) is 34.1 Å². The van der Waals surface area contributed by atoms with Crippen LogP contribution < -0.4 is 5.56 Å². The zero-order valence-corrected chi connectivity index (χ0v) is 14.0. The Hall–Kier alpha value is -1.68. The highest BCUT2D eigenvalue weighted by atomic mass is 16.1. The van der Waals surface area contributed by atoms with Gasteiger partial charge in [0.15, 0.2) is 0 Å². The first-order valence-corrected chi connectivity index (χ1v) is 8.11. The summed E-state index contributed by atoms with van der Waals surface area (Å²) in [6, 6.07) is 4.04. The number of fused-ring (bicyclic) bond motifs is 1. The minimum atomic E-state index is 0.0605. The number of likely N-dealkylation sites (tertiary alicyclic amines) is 1. The minimum absolute atomic E-state index is 0.0605. The Morgan fingerprint density at radius 1 is 1.32 bits per heavy atom. The van der Waals surface area contributed by atoms with Crippen molar-refractivity contribution in [2.24, 2.45) is 5.92 Å². The van der Waals surface area contributed by atoms with E-state index in [4.69, 9.17) is 0 Å². The summed E-state index contributed by atoms with van der Waals surface area (Å²) in [7, 11) is 0. The molecule has 2 aromatic heterocycles. The number of aromatic nitrogens is 2. The van der Waals surface area contributed by atoms with E-state index in [0.717, 1.165) is 30.2 Å². The molecule has 118 valence electrons. The highest BCUT2D eigenvalue weighted by Crippen LogP contribution is 2.23. The predicted octanol–water partition coefficient (Wildman–Crippen LogP) is 2.83. The lowest BCUT2D eigenvalue weighted by atomic mass is 9.88. The van der Waals surface area contributed by atoms with Crippen LogP contribution in [0.3, 0.4) is 0 Å². The molecule has 0 amide bonds. The fraction of sp³-hybridized carbons (Fsp3) is 0.556. The fourth-order valence-electron chi connectivity index (χ4n) is 2.99. The number of hydrogen-bond acceptors (Lipinski definition) is 3. The molecule has 3 rings (SSSR count). The number of hydrogen-bond donors (Lipinski definition) is 0. The van der Waals surface area contributed by atoms with Gasteiger partial charge in [-0.3, -0.25) is 14.1 Å². The molecule has 4 heteroatoms. The Labute approximate surface area is 131 Å². The average Bonchev–Trinajstić information content (AvgIpc) is 2.43. The Bertz CT molecular complexity index is 736. The van der Waals surface area contributed by atoms with Gasteiger partial charge in [0.2, 0.25) is 0 Å². The van der Waals surface area contributed by atoms with Crippen molar-refractivity contribution in [1.82, 2.24) is 14.3 Å². The summed E-state index contributed by atoms with van der Waals surface area (Å²) in [6.07, 6.45) is 4.84. The van der Waals surface area contributed by atoms with Crippen molar-refractivity contribution in [2.75, 3.05) is 13.1 Å². The molecule has 0 atom stereocenters. The van der Waals surface area contributed by atoms with Gasteiger partial charge < -0.3 is 0 Å². The van der Waals surface area contributed by atoms with Gasteiger partial charge >= 0.3 is 0 Å². The summed E-state index contributed by atoms with van der Waals surface area (Å²) in [5.74, 6) is 0.797. The molecule has 1 aliphatic heterocycles. The maximum Gasteiger partial charge on any atom is 0.262 e. The number of nitrogens with zero attached hydrogens (tertiary/aromatic N) is 3. The molecule has 22 heavy (non-hydrogen) atoms. The van der Waals surface area contributed by atoms with Crippen molar-refractivity contribution in [1.29, 1.82) is 0 Å². The standard InChI is InChI=1S/C18H25N3O/c1-5-13-10-20(11-13)12-14-9-19-16-8-15(18(2,3)4)6-7-21(16)17(14)22/h6-9,13H,5,10-12H2,1-4H3. The summed E-state index contributed by atoms with van der Waals surface area (Å²) in [4.78, 5) is 19.4. The van der Waals surface area contributed by atoms with Crippen LogP contribution in [-0.4, -0.2) is 27.4 Å². The summed E-state index contributed by atoms with van der Waals surface area (Å²) in [6.45, 7) is 11.6. The molecule has 0 radical (unpaired) electrons. The van der Waals surface area contributed by atoms with Crippen molar-refractivity contribution in [2.45, 2.75) is 46.1 Å². The second-order valence-electron chi connectivity index (χ2n) is 7.45. The van der Waals surface area contributed by atoms with E-state index in [-0.39, 0.29) is 11.0 Å². The van der Waals surface area contributed by atoms with Crippen LogP contribution in [0.4, 0.5) is 0 Å². The van der Waals surface area contributed by atoms with Gasteiger partial charge in [0.25, 0.3) is 5.56 Å². The first kappa shape index (κ1) is 15.2. The zero-order chi connectivity index (χ0) is 15.9. The van der Waals surface area contributed by atoms with Crippen LogP contribution >= 0.6 is 0 Å². The quantitative estimate of drug-likeness (QED) is 0.874. The van der Waals surface area contributed by atoms with Gasteiger partial charge in [0.1, 0.15) is 5.65 Å². The second-order valence-corrected chi connectivity index (χ2v) is 7.45. The molecule has 2 aromatic rings. The lowest BCUT2D eigenvalue weighted by molar-refractivity contribution is 0.0893. The zero-order valence-electron chi connectivity index (χ0n) is 14.0. The third kappa shape index (κ3) is 2.80. The van der Waals surface area contributed by atoms with Gasteiger partial charge in [0, 0.05) is 32.0 Å².